The molecule has 0 aromatic carbocycles. The van der Waals surface area contributed by atoms with E-state index in [9.17, 15) is 0 Å². The predicted octanol–water partition coefficient (Wildman–Crippen LogP) is 1.24. The maximum Gasteiger partial charge on any atom is 0.128 e. The van der Waals surface area contributed by atoms with Crippen molar-refractivity contribution < 1.29 is 0 Å². The third kappa shape index (κ3) is 2.64. The van der Waals surface area contributed by atoms with Crippen LogP contribution in [-0.2, 0) is 0 Å². The molecule has 1 fully saturated rings. The third-order valence-electron chi connectivity index (χ3n) is 2.85. The van der Waals surface area contributed by atoms with Crippen LogP contribution in [0.15, 0.2) is 18.3 Å². The van der Waals surface area contributed by atoms with Gasteiger partial charge in [0.25, 0.3) is 0 Å². The molecule has 88 valence electrons. The summed E-state index contributed by atoms with van der Waals surface area (Å²) >= 11 is 0. The number of hydrogen-bond acceptors (Lipinski definition) is 4. The molecule has 0 radical (unpaired) electrons. The second-order valence-corrected chi connectivity index (χ2v) is 4.70. The summed E-state index contributed by atoms with van der Waals surface area (Å²) in [6.45, 7) is 6.48. The molecule has 0 bridgehead atoms. The molecule has 2 rings (SSSR count). The number of rotatable bonds is 3. The van der Waals surface area contributed by atoms with E-state index >= 15 is 0 Å². The standard InChI is InChI=1S/C12H20N4/c1-9(2)15-11-5-6-16(8-11)12-4-3-10(13)7-14-12/h3-4,7,9,11,15H,5-6,8,13H2,1-2H3/t11-/m1/s1. The molecule has 0 aliphatic carbocycles. The van der Waals surface area contributed by atoms with E-state index in [-0.39, 0.29) is 0 Å². The summed E-state index contributed by atoms with van der Waals surface area (Å²) in [5.41, 5.74) is 6.35. The lowest BCUT2D eigenvalue weighted by molar-refractivity contribution is 0.492. The van der Waals surface area contributed by atoms with Gasteiger partial charge < -0.3 is 16.0 Å². The van der Waals surface area contributed by atoms with E-state index in [1.165, 1.54) is 6.42 Å². The molecule has 16 heavy (non-hydrogen) atoms. The van der Waals surface area contributed by atoms with E-state index in [0.717, 1.165) is 24.6 Å². The number of aromatic nitrogens is 1. The van der Waals surface area contributed by atoms with Crippen LogP contribution < -0.4 is 16.0 Å². The highest BCUT2D eigenvalue weighted by molar-refractivity contribution is 5.46. The molecule has 3 N–H and O–H groups in total. The molecule has 1 aromatic heterocycles. The van der Waals surface area contributed by atoms with E-state index in [2.05, 4.69) is 29.0 Å². The van der Waals surface area contributed by atoms with Gasteiger partial charge in [0.05, 0.1) is 11.9 Å². The Kier molecular flexibility index (Phi) is 3.29. The number of nitrogens with one attached hydrogen (secondary N) is 1. The van der Waals surface area contributed by atoms with Gasteiger partial charge in [-0.05, 0) is 18.6 Å². The quantitative estimate of drug-likeness (QED) is 0.804. The Morgan fingerprint density at radius 2 is 2.31 bits per heavy atom. The summed E-state index contributed by atoms with van der Waals surface area (Å²) in [4.78, 5) is 6.65. The van der Waals surface area contributed by atoms with Crippen LogP contribution in [0.4, 0.5) is 11.5 Å². The molecule has 1 saturated heterocycles. The minimum atomic E-state index is 0.546. The highest BCUT2D eigenvalue weighted by Crippen LogP contribution is 2.18. The Morgan fingerprint density at radius 1 is 1.50 bits per heavy atom. The van der Waals surface area contributed by atoms with E-state index in [4.69, 9.17) is 5.73 Å². The van der Waals surface area contributed by atoms with E-state index in [0.29, 0.717) is 12.1 Å². The number of hydrogen-bond donors (Lipinski definition) is 2. The lowest BCUT2D eigenvalue weighted by atomic mass is 10.2. The normalized spacial score (nSPS) is 20.7. The zero-order valence-electron chi connectivity index (χ0n) is 9.98. The Hall–Kier alpha value is -1.29. The van der Waals surface area contributed by atoms with Crippen LogP contribution in [0.2, 0.25) is 0 Å². The molecular weight excluding hydrogens is 200 g/mol. The number of anilines is 2. The van der Waals surface area contributed by atoms with Crippen molar-refractivity contribution in [3.8, 4) is 0 Å². The van der Waals surface area contributed by atoms with E-state index in [1.54, 1.807) is 6.20 Å². The molecule has 0 amide bonds. The topological polar surface area (TPSA) is 54.2 Å². The average molecular weight is 220 g/mol. The van der Waals surface area contributed by atoms with Gasteiger partial charge in [0.15, 0.2) is 0 Å². The predicted molar refractivity (Wildman–Crippen MR) is 67.5 cm³/mol. The van der Waals surface area contributed by atoms with Gasteiger partial charge in [0.1, 0.15) is 5.82 Å². The average Bonchev–Trinajstić information content (AvgIpc) is 2.66. The fourth-order valence-corrected chi connectivity index (χ4v) is 2.16. The first-order valence-corrected chi connectivity index (χ1v) is 5.87. The van der Waals surface area contributed by atoms with Crippen molar-refractivity contribution in [3.05, 3.63) is 18.3 Å². The molecular formula is C12H20N4. The Balaban J connectivity index is 1.95. The minimum absolute atomic E-state index is 0.546. The first-order valence-electron chi connectivity index (χ1n) is 5.87. The van der Waals surface area contributed by atoms with Gasteiger partial charge in [0, 0.05) is 25.2 Å². The van der Waals surface area contributed by atoms with E-state index in [1.807, 2.05) is 12.1 Å². The SMILES string of the molecule is CC(C)N[C@@H]1CCN(c2ccc(N)cn2)C1. The van der Waals surface area contributed by atoms with Crippen molar-refractivity contribution in [1.29, 1.82) is 0 Å². The fourth-order valence-electron chi connectivity index (χ4n) is 2.16. The summed E-state index contributed by atoms with van der Waals surface area (Å²) < 4.78 is 0. The van der Waals surface area contributed by atoms with Crippen LogP contribution in [0.5, 0.6) is 0 Å². The van der Waals surface area contributed by atoms with Gasteiger partial charge in [-0.15, -0.1) is 0 Å². The van der Waals surface area contributed by atoms with Gasteiger partial charge in [-0.2, -0.15) is 0 Å². The monoisotopic (exact) mass is 220 g/mol. The van der Waals surface area contributed by atoms with Crippen LogP contribution in [0, 0.1) is 0 Å². The number of nitrogen functional groups attached to an aromatic ring is 1. The molecule has 1 aliphatic heterocycles. The summed E-state index contributed by atoms with van der Waals surface area (Å²) in [7, 11) is 0. The maximum atomic E-state index is 5.63. The van der Waals surface area contributed by atoms with E-state index < -0.39 is 0 Å². The minimum Gasteiger partial charge on any atom is -0.397 e. The summed E-state index contributed by atoms with van der Waals surface area (Å²) in [5.74, 6) is 1.03. The highest BCUT2D eigenvalue weighted by Gasteiger charge is 2.23. The van der Waals surface area contributed by atoms with Crippen LogP contribution >= 0.6 is 0 Å². The second kappa shape index (κ2) is 4.70. The van der Waals surface area contributed by atoms with Gasteiger partial charge >= 0.3 is 0 Å². The molecule has 4 nitrogen and oxygen atoms in total. The summed E-state index contributed by atoms with van der Waals surface area (Å²) in [5, 5.41) is 3.56. The Labute approximate surface area is 96.8 Å². The lowest BCUT2D eigenvalue weighted by Gasteiger charge is -2.19. The summed E-state index contributed by atoms with van der Waals surface area (Å²) in [6.07, 6.45) is 2.91. The van der Waals surface area contributed by atoms with Gasteiger partial charge in [-0.25, -0.2) is 4.98 Å². The van der Waals surface area contributed by atoms with Gasteiger partial charge in [-0.3, -0.25) is 0 Å². The highest BCUT2D eigenvalue weighted by atomic mass is 15.2. The van der Waals surface area contributed by atoms with Crippen molar-refractivity contribution >= 4 is 11.5 Å². The fraction of sp³-hybridized carbons (Fsp3) is 0.583. The van der Waals surface area contributed by atoms with Crippen molar-refractivity contribution in [1.82, 2.24) is 10.3 Å². The van der Waals surface area contributed by atoms with Crippen molar-refractivity contribution in [2.75, 3.05) is 23.7 Å². The van der Waals surface area contributed by atoms with Crippen LogP contribution in [-0.4, -0.2) is 30.2 Å². The largest absolute Gasteiger partial charge is 0.397 e. The first kappa shape index (κ1) is 11.2. The van der Waals surface area contributed by atoms with Crippen molar-refractivity contribution in [2.24, 2.45) is 0 Å². The Morgan fingerprint density at radius 3 is 2.94 bits per heavy atom. The summed E-state index contributed by atoms with van der Waals surface area (Å²) in [6, 6.07) is 5.03. The molecule has 1 aliphatic rings. The van der Waals surface area contributed by atoms with Crippen LogP contribution in [0.3, 0.4) is 0 Å². The van der Waals surface area contributed by atoms with Crippen LogP contribution in [0.25, 0.3) is 0 Å². The second-order valence-electron chi connectivity index (χ2n) is 4.70. The molecule has 2 heterocycles. The van der Waals surface area contributed by atoms with Gasteiger partial charge in [0.2, 0.25) is 0 Å². The zero-order valence-corrected chi connectivity index (χ0v) is 9.98. The van der Waals surface area contributed by atoms with Crippen molar-refractivity contribution in [2.45, 2.75) is 32.4 Å². The molecule has 0 saturated carbocycles. The Bertz CT molecular complexity index is 333. The van der Waals surface area contributed by atoms with Crippen LogP contribution in [0.1, 0.15) is 20.3 Å². The van der Waals surface area contributed by atoms with Gasteiger partial charge in [-0.1, -0.05) is 13.8 Å². The zero-order chi connectivity index (χ0) is 11.5. The molecule has 0 spiro atoms. The first-order chi connectivity index (χ1) is 7.65. The van der Waals surface area contributed by atoms with Crippen molar-refractivity contribution in [3.63, 3.8) is 0 Å². The third-order valence-corrected chi connectivity index (χ3v) is 2.85. The molecule has 4 heteroatoms. The number of nitrogens with two attached hydrogens (primary N) is 1. The number of pyridine rings is 1. The maximum absolute atomic E-state index is 5.63. The number of nitrogens with zero attached hydrogens (tertiary/aromatic N) is 2. The molecule has 1 aromatic rings. The lowest BCUT2D eigenvalue weighted by Crippen LogP contribution is -2.37. The molecule has 0 unspecified atom stereocenters. The molecule has 1 atom stereocenters. The smallest absolute Gasteiger partial charge is 0.128 e.